The Kier molecular flexibility index (Phi) is 11.6. The zero-order valence-electron chi connectivity index (χ0n) is 27.5. The Labute approximate surface area is 264 Å². The molecular weight excluding hydrogens is 576 g/mol. The van der Waals surface area contributed by atoms with Crippen LogP contribution < -0.4 is 9.64 Å². The van der Waals surface area contributed by atoms with Crippen LogP contribution in [0.15, 0.2) is 42.5 Å². The fraction of sp³-hybridized carbons (Fsp3) is 0.618. The summed E-state index contributed by atoms with van der Waals surface area (Å²) in [4.78, 5) is 16.2. The minimum atomic E-state index is -2.37. The highest BCUT2D eigenvalue weighted by Gasteiger charge is 2.50. The molecule has 1 amide bonds. The minimum Gasteiger partial charge on any atom is -0.508 e. The molecule has 2 heterocycles. The van der Waals surface area contributed by atoms with Gasteiger partial charge >= 0.3 is 6.09 Å². The lowest BCUT2D eigenvalue weighted by molar-refractivity contribution is -0.0630. The summed E-state index contributed by atoms with van der Waals surface area (Å²) >= 11 is 0. The highest BCUT2D eigenvalue weighted by molar-refractivity contribution is 6.77. The van der Waals surface area contributed by atoms with Crippen molar-refractivity contribution < 1.29 is 33.6 Å². The van der Waals surface area contributed by atoms with Crippen molar-refractivity contribution in [2.24, 2.45) is 0 Å². The third kappa shape index (κ3) is 7.53. The van der Waals surface area contributed by atoms with E-state index in [2.05, 4.69) is 52.5 Å². The van der Waals surface area contributed by atoms with Gasteiger partial charge in [0.2, 0.25) is 8.32 Å². The van der Waals surface area contributed by atoms with Gasteiger partial charge in [-0.3, -0.25) is 0 Å². The van der Waals surface area contributed by atoms with Crippen molar-refractivity contribution >= 4 is 20.1 Å². The second-order valence-corrected chi connectivity index (χ2v) is 18.5. The predicted octanol–water partition coefficient (Wildman–Crippen LogP) is 6.85. The van der Waals surface area contributed by atoms with Crippen molar-refractivity contribution in [3.8, 4) is 11.5 Å². The normalized spacial score (nSPS) is 20.7. The van der Waals surface area contributed by atoms with Crippen molar-refractivity contribution in [3.05, 3.63) is 53.6 Å². The number of carboxylic acid groups (broad SMARTS) is 1. The molecule has 0 aliphatic carbocycles. The molecule has 2 aliphatic heterocycles. The maximum absolute atomic E-state index is 12.4. The molecule has 3 unspecified atom stereocenters. The van der Waals surface area contributed by atoms with Crippen LogP contribution in [0.4, 0.5) is 10.5 Å². The number of carbonyl (C=O) groups is 1. The lowest BCUT2D eigenvalue weighted by Gasteiger charge is -2.50. The molecule has 2 aliphatic rings. The largest absolute Gasteiger partial charge is 0.508 e. The summed E-state index contributed by atoms with van der Waals surface area (Å²) in [6.45, 7) is 17.3. The van der Waals surface area contributed by atoms with Gasteiger partial charge in [0.15, 0.2) is 0 Å². The van der Waals surface area contributed by atoms with Gasteiger partial charge in [0.05, 0.1) is 37.6 Å². The molecular formula is C34H52N2O7Si. The number of aromatic hydroxyl groups is 1. The number of fused-ring (bicyclic) bond motifs is 1. The van der Waals surface area contributed by atoms with E-state index in [9.17, 15) is 15.0 Å². The first-order valence-electron chi connectivity index (χ1n) is 16.0. The number of anilines is 1. The summed E-state index contributed by atoms with van der Waals surface area (Å²) in [5.74, 6) is 0.842. The van der Waals surface area contributed by atoms with Gasteiger partial charge in [-0.2, -0.15) is 0 Å². The summed E-state index contributed by atoms with van der Waals surface area (Å²) < 4.78 is 25.2. The smallest absolute Gasteiger partial charge is 0.407 e. The summed E-state index contributed by atoms with van der Waals surface area (Å²) in [6, 6.07) is 13.3. The number of phenolic OH excluding ortho intramolecular Hbond substituents is 1. The van der Waals surface area contributed by atoms with Gasteiger partial charge in [0, 0.05) is 32.7 Å². The van der Waals surface area contributed by atoms with E-state index in [1.807, 2.05) is 24.3 Å². The maximum atomic E-state index is 12.4. The second kappa shape index (κ2) is 15.0. The topological polar surface area (TPSA) is 101 Å². The molecule has 3 atom stereocenters. The van der Waals surface area contributed by atoms with E-state index in [1.54, 1.807) is 19.2 Å². The Bertz CT molecular complexity index is 1200. The van der Waals surface area contributed by atoms with E-state index in [4.69, 9.17) is 18.6 Å². The number of amides is 1. The molecule has 0 aromatic heterocycles. The molecule has 244 valence electrons. The molecule has 0 spiro atoms. The fourth-order valence-electron chi connectivity index (χ4n) is 7.44. The minimum absolute atomic E-state index is 0.188. The van der Waals surface area contributed by atoms with Gasteiger partial charge in [-0.1, -0.05) is 59.7 Å². The average Bonchev–Trinajstić information content (AvgIpc) is 2.98. The molecule has 0 bridgehead atoms. The summed E-state index contributed by atoms with van der Waals surface area (Å²) in [5, 5.41) is 20.3. The third-order valence-electron chi connectivity index (χ3n) is 9.44. The van der Waals surface area contributed by atoms with Crippen molar-refractivity contribution in [2.45, 2.75) is 89.3 Å². The van der Waals surface area contributed by atoms with Crippen LogP contribution >= 0.6 is 0 Å². The van der Waals surface area contributed by atoms with Gasteiger partial charge in [-0.15, -0.1) is 0 Å². The number of piperidine rings is 1. The van der Waals surface area contributed by atoms with Crippen LogP contribution in [0.3, 0.4) is 0 Å². The number of ether oxygens (including phenoxy) is 3. The predicted molar refractivity (Wildman–Crippen MR) is 176 cm³/mol. The molecule has 0 radical (unpaired) electrons. The monoisotopic (exact) mass is 628 g/mol. The Morgan fingerprint density at radius 2 is 1.66 bits per heavy atom. The van der Waals surface area contributed by atoms with Gasteiger partial charge in [-0.05, 0) is 58.4 Å². The summed E-state index contributed by atoms with van der Waals surface area (Å²) in [7, 11) is -0.653. The molecule has 1 fully saturated rings. The molecule has 2 N–H and O–H groups in total. The standard InChI is InChI=1S/C34H52N2O7Si/c1-23(2)44(24(3)4,25(5)6)43-32-21-36(34(38)39)20-31(33(32)27-10-12-28(37)13-11-27)42-22-26-9-14-30-29(19-26)35(16-18-41-30)15-8-17-40-7/h9-14,19,23-25,31-33,37H,8,15-18,20-22H2,1-7H3,(H,38,39). The van der Waals surface area contributed by atoms with Crippen LogP contribution in [0.5, 0.6) is 11.5 Å². The van der Waals surface area contributed by atoms with Crippen LogP contribution in [0.1, 0.15) is 65.0 Å². The average molecular weight is 629 g/mol. The van der Waals surface area contributed by atoms with E-state index in [1.165, 1.54) is 4.90 Å². The Hall–Kier alpha value is -2.79. The van der Waals surface area contributed by atoms with Crippen LogP contribution in [0.25, 0.3) is 0 Å². The number of nitrogens with zero attached hydrogens (tertiary/aromatic N) is 2. The first-order valence-corrected chi connectivity index (χ1v) is 18.2. The zero-order valence-corrected chi connectivity index (χ0v) is 28.5. The van der Waals surface area contributed by atoms with E-state index >= 15 is 0 Å². The summed E-state index contributed by atoms with van der Waals surface area (Å²) in [6.07, 6.45) is -0.882. The van der Waals surface area contributed by atoms with Crippen molar-refractivity contribution in [3.63, 3.8) is 0 Å². The van der Waals surface area contributed by atoms with Crippen molar-refractivity contribution in [2.75, 3.05) is 51.4 Å². The number of methoxy groups -OCH3 is 1. The molecule has 9 nitrogen and oxygen atoms in total. The van der Waals surface area contributed by atoms with E-state index < -0.39 is 20.5 Å². The van der Waals surface area contributed by atoms with Crippen molar-refractivity contribution in [1.82, 2.24) is 4.90 Å². The Morgan fingerprint density at radius 1 is 1.00 bits per heavy atom. The van der Waals surface area contributed by atoms with Crippen LogP contribution in [0, 0.1) is 0 Å². The number of phenols is 1. The van der Waals surface area contributed by atoms with Gasteiger partial charge in [-0.25, -0.2) is 4.79 Å². The number of benzene rings is 2. The van der Waals surface area contributed by atoms with E-state index in [-0.39, 0.29) is 30.9 Å². The molecule has 2 aromatic carbocycles. The summed E-state index contributed by atoms with van der Waals surface area (Å²) in [5.41, 5.74) is 4.04. The highest BCUT2D eigenvalue weighted by atomic mass is 28.4. The Balaban J connectivity index is 1.66. The van der Waals surface area contributed by atoms with Crippen LogP contribution in [-0.4, -0.2) is 88.2 Å². The van der Waals surface area contributed by atoms with Crippen molar-refractivity contribution in [1.29, 1.82) is 0 Å². The maximum Gasteiger partial charge on any atom is 0.407 e. The number of hydrogen-bond donors (Lipinski definition) is 2. The molecule has 1 saturated heterocycles. The third-order valence-corrected chi connectivity index (χ3v) is 15.6. The van der Waals surface area contributed by atoms with E-state index in [0.29, 0.717) is 36.4 Å². The fourth-order valence-corrected chi connectivity index (χ4v) is 13.0. The van der Waals surface area contributed by atoms with Crippen LogP contribution in [-0.2, 0) is 20.5 Å². The van der Waals surface area contributed by atoms with E-state index in [0.717, 1.165) is 42.1 Å². The molecule has 44 heavy (non-hydrogen) atoms. The number of rotatable bonds is 13. The molecule has 4 rings (SSSR count). The highest BCUT2D eigenvalue weighted by Crippen LogP contribution is 2.46. The molecule has 2 aromatic rings. The number of hydrogen-bond acceptors (Lipinski definition) is 7. The van der Waals surface area contributed by atoms with Gasteiger partial charge in [0.25, 0.3) is 0 Å². The SMILES string of the molecule is COCCCN1CCOc2ccc(COC3CN(C(=O)O)CC(O[Si](C(C)C)(C(C)C)C(C)C)C3c3ccc(O)cc3)cc21. The van der Waals surface area contributed by atoms with Gasteiger partial charge in [0.1, 0.15) is 18.1 Å². The number of likely N-dealkylation sites (tertiary alicyclic amines) is 1. The lowest BCUT2D eigenvalue weighted by Crippen LogP contribution is -2.59. The molecule has 0 saturated carbocycles. The first-order chi connectivity index (χ1) is 21.0. The van der Waals surface area contributed by atoms with Gasteiger partial charge < -0.3 is 38.6 Å². The Morgan fingerprint density at radius 3 is 2.27 bits per heavy atom. The quantitative estimate of drug-likeness (QED) is 0.184. The van der Waals surface area contributed by atoms with Crippen LogP contribution in [0.2, 0.25) is 16.6 Å². The first kappa shape index (κ1) is 34.1. The zero-order chi connectivity index (χ0) is 32.0. The molecule has 10 heteroatoms. The second-order valence-electron chi connectivity index (χ2n) is 13.1. The lowest BCUT2D eigenvalue weighted by atomic mass is 9.84.